The quantitative estimate of drug-likeness (QED) is 0.748. The molecular formula is C14H13Cl2NO. The Morgan fingerprint density at radius 2 is 1.94 bits per heavy atom. The van der Waals surface area contributed by atoms with E-state index in [1.54, 1.807) is 12.3 Å². The van der Waals surface area contributed by atoms with Gasteiger partial charge in [-0.1, -0.05) is 11.6 Å². The normalized spacial score (nSPS) is 10.4. The first kappa shape index (κ1) is 13.2. The van der Waals surface area contributed by atoms with Crippen molar-refractivity contribution in [3.8, 4) is 11.6 Å². The molecule has 0 bridgehead atoms. The van der Waals surface area contributed by atoms with E-state index in [1.807, 2.05) is 32.0 Å². The molecule has 2 aromatic rings. The van der Waals surface area contributed by atoms with E-state index in [0.29, 0.717) is 16.8 Å². The predicted octanol–water partition coefficient (Wildman–Crippen LogP) is 4.88. The summed E-state index contributed by atoms with van der Waals surface area (Å²) in [6.07, 6.45) is 1.72. The first-order valence-corrected chi connectivity index (χ1v) is 6.47. The maximum Gasteiger partial charge on any atom is 0.222 e. The first-order chi connectivity index (χ1) is 8.60. The summed E-state index contributed by atoms with van der Waals surface area (Å²) in [6.45, 7) is 3.90. The Morgan fingerprint density at radius 3 is 2.56 bits per heavy atom. The number of hydrogen-bond acceptors (Lipinski definition) is 2. The van der Waals surface area contributed by atoms with Gasteiger partial charge in [0.25, 0.3) is 0 Å². The second kappa shape index (κ2) is 5.59. The molecule has 94 valence electrons. The van der Waals surface area contributed by atoms with Crippen molar-refractivity contribution in [3.05, 3.63) is 52.2 Å². The molecule has 0 amide bonds. The minimum absolute atomic E-state index is 0.452. The van der Waals surface area contributed by atoms with E-state index in [2.05, 4.69) is 4.98 Å². The zero-order valence-electron chi connectivity index (χ0n) is 10.2. The van der Waals surface area contributed by atoms with Crippen LogP contribution in [0.3, 0.4) is 0 Å². The van der Waals surface area contributed by atoms with Gasteiger partial charge in [-0.2, -0.15) is 0 Å². The van der Waals surface area contributed by atoms with Gasteiger partial charge in [-0.3, -0.25) is 0 Å². The lowest BCUT2D eigenvalue weighted by Crippen LogP contribution is -1.94. The van der Waals surface area contributed by atoms with Crippen molar-refractivity contribution in [2.45, 2.75) is 19.7 Å². The van der Waals surface area contributed by atoms with Crippen molar-refractivity contribution in [2.75, 3.05) is 0 Å². The Bertz CT molecular complexity index is 570. The lowest BCUT2D eigenvalue weighted by Gasteiger charge is -2.10. The number of pyridine rings is 1. The molecule has 0 aliphatic heterocycles. The molecule has 0 unspecified atom stereocenters. The van der Waals surface area contributed by atoms with Crippen LogP contribution in [0.25, 0.3) is 0 Å². The van der Waals surface area contributed by atoms with Gasteiger partial charge >= 0.3 is 0 Å². The molecule has 0 saturated carbocycles. The highest BCUT2D eigenvalue weighted by Gasteiger charge is 2.06. The van der Waals surface area contributed by atoms with Crippen LogP contribution in [-0.4, -0.2) is 4.98 Å². The van der Waals surface area contributed by atoms with E-state index in [0.717, 1.165) is 22.4 Å². The van der Waals surface area contributed by atoms with E-state index in [-0.39, 0.29) is 0 Å². The van der Waals surface area contributed by atoms with Crippen LogP contribution in [0.5, 0.6) is 11.6 Å². The predicted molar refractivity (Wildman–Crippen MR) is 74.8 cm³/mol. The zero-order chi connectivity index (χ0) is 13.1. The fraction of sp³-hybridized carbons (Fsp3) is 0.214. The van der Waals surface area contributed by atoms with Crippen LogP contribution in [0.2, 0.25) is 5.02 Å². The van der Waals surface area contributed by atoms with E-state index >= 15 is 0 Å². The van der Waals surface area contributed by atoms with Gasteiger partial charge in [-0.15, -0.1) is 11.6 Å². The van der Waals surface area contributed by atoms with E-state index in [9.17, 15) is 0 Å². The highest BCUT2D eigenvalue weighted by Crippen LogP contribution is 2.28. The summed E-state index contributed by atoms with van der Waals surface area (Å²) in [6, 6.07) is 7.47. The van der Waals surface area contributed by atoms with Gasteiger partial charge in [0.15, 0.2) is 0 Å². The Labute approximate surface area is 117 Å². The number of hydrogen-bond donors (Lipinski definition) is 0. The molecule has 2 nitrogen and oxygen atoms in total. The molecule has 2 rings (SSSR count). The van der Waals surface area contributed by atoms with Gasteiger partial charge in [0.2, 0.25) is 5.88 Å². The summed E-state index contributed by atoms with van der Waals surface area (Å²) >= 11 is 11.7. The molecule has 18 heavy (non-hydrogen) atoms. The van der Waals surface area contributed by atoms with Crippen LogP contribution in [0.1, 0.15) is 16.7 Å². The zero-order valence-corrected chi connectivity index (χ0v) is 11.7. The summed E-state index contributed by atoms with van der Waals surface area (Å²) in [5.74, 6) is 1.80. The van der Waals surface area contributed by atoms with Crippen molar-refractivity contribution >= 4 is 23.2 Å². The molecule has 4 heteroatoms. The smallest absolute Gasteiger partial charge is 0.222 e. The van der Waals surface area contributed by atoms with E-state index in [1.165, 1.54) is 0 Å². The maximum absolute atomic E-state index is 5.90. The Morgan fingerprint density at radius 1 is 1.17 bits per heavy atom. The second-order valence-electron chi connectivity index (χ2n) is 4.11. The minimum Gasteiger partial charge on any atom is -0.438 e. The summed E-state index contributed by atoms with van der Waals surface area (Å²) < 4.78 is 5.78. The number of benzene rings is 1. The lowest BCUT2D eigenvalue weighted by molar-refractivity contribution is 0.455. The molecule has 1 aromatic carbocycles. The third kappa shape index (κ3) is 2.95. The molecule has 0 atom stereocenters. The molecule has 0 spiro atoms. The Kier molecular flexibility index (Phi) is 4.10. The molecule has 0 N–H and O–H groups in total. The Balaban J connectivity index is 2.28. The number of alkyl halides is 1. The van der Waals surface area contributed by atoms with Crippen LogP contribution in [-0.2, 0) is 5.88 Å². The van der Waals surface area contributed by atoms with E-state index < -0.39 is 0 Å². The summed E-state index contributed by atoms with van der Waals surface area (Å²) in [7, 11) is 0. The highest BCUT2D eigenvalue weighted by molar-refractivity contribution is 6.30. The van der Waals surface area contributed by atoms with Crippen molar-refractivity contribution < 1.29 is 4.74 Å². The number of aromatic nitrogens is 1. The van der Waals surface area contributed by atoms with Crippen molar-refractivity contribution in [1.82, 2.24) is 4.98 Å². The Hall–Kier alpha value is -1.25. The molecule has 0 radical (unpaired) electrons. The van der Waals surface area contributed by atoms with Crippen molar-refractivity contribution in [2.24, 2.45) is 0 Å². The fourth-order valence-electron chi connectivity index (χ4n) is 1.63. The summed E-state index contributed by atoms with van der Waals surface area (Å²) in [5, 5.41) is 0.696. The minimum atomic E-state index is 0.452. The average Bonchev–Trinajstić information content (AvgIpc) is 2.34. The number of aryl methyl sites for hydroxylation is 2. The monoisotopic (exact) mass is 281 g/mol. The number of halogens is 2. The van der Waals surface area contributed by atoms with Crippen LogP contribution < -0.4 is 4.74 Å². The topological polar surface area (TPSA) is 22.1 Å². The third-order valence-corrected chi connectivity index (χ3v) is 3.13. The van der Waals surface area contributed by atoms with Gasteiger partial charge in [-0.25, -0.2) is 4.98 Å². The summed E-state index contributed by atoms with van der Waals surface area (Å²) in [4.78, 5) is 4.27. The van der Waals surface area contributed by atoms with Gasteiger partial charge in [0.1, 0.15) is 5.75 Å². The lowest BCUT2D eigenvalue weighted by atomic mass is 10.2. The molecule has 0 fully saturated rings. The van der Waals surface area contributed by atoms with Crippen LogP contribution in [0.4, 0.5) is 0 Å². The SMILES string of the molecule is Cc1cc(Cl)ccc1Oc1ncc(CCl)cc1C. The van der Waals surface area contributed by atoms with Gasteiger partial charge in [-0.05, 0) is 49.2 Å². The molecule has 0 saturated heterocycles. The number of ether oxygens (including phenoxy) is 1. The van der Waals surface area contributed by atoms with Crippen LogP contribution in [0, 0.1) is 13.8 Å². The van der Waals surface area contributed by atoms with Gasteiger partial charge in [0, 0.05) is 22.7 Å². The fourth-order valence-corrected chi connectivity index (χ4v) is 2.00. The number of nitrogens with zero attached hydrogens (tertiary/aromatic N) is 1. The van der Waals surface area contributed by atoms with E-state index in [4.69, 9.17) is 27.9 Å². The van der Waals surface area contributed by atoms with Gasteiger partial charge in [0.05, 0.1) is 0 Å². The van der Waals surface area contributed by atoms with Crippen molar-refractivity contribution in [1.29, 1.82) is 0 Å². The molecule has 0 aliphatic rings. The van der Waals surface area contributed by atoms with Gasteiger partial charge < -0.3 is 4.74 Å². The second-order valence-corrected chi connectivity index (χ2v) is 4.81. The molecular weight excluding hydrogens is 269 g/mol. The molecule has 1 heterocycles. The molecule has 0 aliphatic carbocycles. The molecule has 1 aromatic heterocycles. The van der Waals surface area contributed by atoms with Crippen LogP contribution in [0.15, 0.2) is 30.5 Å². The largest absolute Gasteiger partial charge is 0.438 e. The highest BCUT2D eigenvalue weighted by atomic mass is 35.5. The van der Waals surface area contributed by atoms with Crippen LogP contribution >= 0.6 is 23.2 Å². The summed E-state index contributed by atoms with van der Waals surface area (Å²) in [5.41, 5.74) is 2.92. The van der Waals surface area contributed by atoms with Crippen molar-refractivity contribution in [3.63, 3.8) is 0 Å². The third-order valence-electron chi connectivity index (χ3n) is 2.58. The maximum atomic E-state index is 5.90. The average molecular weight is 282 g/mol. The standard InChI is InChI=1S/C14H13Cl2NO/c1-9-6-12(16)3-4-13(9)18-14-10(2)5-11(7-15)8-17-14/h3-6,8H,7H2,1-2H3. The first-order valence-electron chi connectivity index (χ1n) is 5.55. The number of rotatable bonds is 3.